The van der Waals surface area contributed by atoms with Crippen LogP contribution in [0.4, 0.5) is 5.69 Å². The number of carboxylic acid groups (broad SMARTS) is 2. The Morgan fingerprint density at radius 3 is 2.20 bits per heavy atom. The molecule has 0 heterocycles. The Morgan fingerprint density at radius 1 is 0.867 bits per heavy atom. The summed E-state index contributed by atoms with van der Waals surface area (Å²) >= 11 is 0. The van der Waals surface area contributed by atoms with Gasteiger partial charge >= 0.3 is 11.9 Å². The van der Waals surface area contributed by atoms with Crippen LogP contribution in [0.25, 0.3) is 16.8 Å². The van der Waals surface area contributed by atoms with Gasteiger partial charge in [-0.1, -0.05) is 66.2 Å². The van der Waals surface area contributed by atoms with Crippen LogP contribution in [-0.2, 0) is 14.4 Å². The number of carbonyl (C=O) groups is 3. The maximum atomic E-state index is 11.6. The van der Waals surface area contributed by atoms with E-state index in [-0.39, 0.29) is 18.7 Å². The zero-order valence-corrected chi connectivity index (χ0v) is 16.5. The molecule has 6 nitrogen and oxygen atoms in total. The van der Waals surface area contributed by atoms with Crippen molar-refractivity contribution in [3.8, 4) is 0 Å². The number of anilines is 1. The molecule has 0 saturated heterocycles. The van der Waals surface area contributed by atoms with E-state index in [0.717, 1.165) is 22.4 Å². The van der Waals surface area contributed by atoms with E-state index in [1.807, 2.05) is 67.6 Å². The fourth-order valence-corrected chi connectivity index (χ4v) is 2.61. The van der Waals surface area contributed by atoms with Gasteiger partial charge in [0.1, 0.15) is 0 Å². The average Bonchev–Trinajstić information content (AvgIpc) is 2.72. The van der Waals surface area contributed by atoms with E-state index in [4.69, 9.17) is 10.2 Å². The summed E-state index contributed by atoms with van der Waals surface area (Å²) in [4.78, 5) is 32.1. The van der Waals surface area contributed by atoms with Crippen LogP contribution in [0.5, 0.6) is 0 Å². The predicted octanol–water partition coefficient (Wildman–Crippen LogP) is 4.74. The molecule has 0 atom stereocenters. The summed E-state index contributed by atoms with van der Waals surface area (Å²) in [5, 5.41) is 21.6. The number of rotatable bonds is 6. The molecule has 0 bridgehead atoms. The monoisotopic (exact) mass is 405 g/mol. The molecular formula is C24H23NO5. The normalized spacial score (nSPS) is 10.3. The highest BCUT2D eigenvalue weighted by Crippen LogP contribution is 2.23. The molecule has 0 aliphatic heterocycles. The summed E-state index contributed by atoms with van der Waals surface area (Å²) in [7, 11) is 0. The lowest BCUT2D eigenvalue weighted by Crippen LogP contribution is -2.13. The number of hydrogen-bond acceptors (Lipinski definition) is 3. The average molecular weight is 405 g/mol. The quantitative estimate of drug-likeness (QED) is 0.514. The Kier molecular flexibility index (Phi) is 8.32. The smallest absolute Gasteiger partial charge is 0.328 e. The standard InChI is InChI=1S/C14H13NO3.C10H10O2/c16-13(8-9-14(17)18)15-12-7-3-5-10-4-1-2-6-11(10)12;1-8-2-4-9(5-3-8)6-7-10(11)12/h1-7H,8-9H2,(H,15,16)(H,17,18);2-7H,1H3,(H,11,12)/b;7-6+. The molecule has 0 spiro atoms. The van der Waals surface area contributed by atoms with Crippen LogP contribution in [0.1, 0.15) is 24.0 Å². The molecule has 3 aromatic carbocycles. The Hall–Kier alpha value is -3.93. The maximum Gasteiger partial charge on any atom is 0.328 e. The fourth-order valence-electron chi connectivity index (χ4n) is 2.61. The minimum atomic E-state index is -0.969. The summed E-state index contributed by atoms with van der Waals surface area (Å²) in [6.45, 7) is 1.99. The van der Waals surface area contributed by atoms with Crippen LogP contribution in [0.15, 0.2) is 72.8 Å². The fraction of sp³-hybridized carbons (Fsp3) is 0.125. The van der Waals surface area contributed by atoms with E-state index in [0.29, 0.717) is 5.69 Å². The molecular weight excluding hydrogens is 382 g/mol. The highest BCUT2D eigenvalue weighted by Gasteiger charge is 2.07. The number of aliphatic carboxylic acids is 2. The molecule has 0 unspecified atom stereocenters. The SMILES string of the molecule is Cc1ccc(/C=C/C(=O)O)cc1.O=C(O)CCC(=O)Nc1cccc2ccccc12. The van der Waals surface area contributed by atoms with Gasteiger partial charge in [-0.05, 0) is 30.0 Å². The molecule has 0 aliphatic carbocycles. The Balaban J connectivity index is 0.000000232. The molecule has 3 aromatic rings. The zero-order valence-electron chi connectivity index (χ0n) is 16.5. The maximum absolute atomic E-state index is 11.6. The van der Waals surface area contributed by atoms with Crippen molar-refractivity contribution in [2.75, 3.05) is 5.32 Å². The van der Waals surface area contributed by atoms with Crippen molar-refractivity contribution in [2.45, 2.75) is 19.8 Å². The van der Waals surface area contributed by atoms with Crippen molar-refractivity contribution in [1.29, 1.82) is 0 Å². The minimum Gasteiger partial charge on any atom is -0.481 e. The first-order valence-corrected chi connectivity index (χ1v) is 9.32. The van der Waals surface area contributed by atoms with E-state index in [1.165, 1.54) is 5.56 Å². The molecule has 1 amide bonds. The lowest BCUT2D eigenvalue weighted by atomic mass is 10.1. The van der Waals surface area contributed by atoms with Crippen molar-refractivity contribution >= 4 is 40.4 Å². The lowest BCUT2D eigenvalue weighted by Gasteiger charge is -2.07. The number of amides is 1. The van der Waals surface area contributed by atoms with Crippen molar-refractivity contribution < 1.29 is 24.6 Å². The van der Waals surface area contributed by atoms with Gasteiger partial charge < -0.3 is 15.5 Å². The van der Waals surface area contributed by atoms with Crippen LogP contribution in [0.3, 0.4) is 0 Å². The van der Waals surface area contributed by atoms with E-state index in [9.17, 15) is 14.4 Å². The number of benzene rings is 3. The van der Waals surface area contributed by atoms with E-state index >= 15 is 0 Å². The second-order valence-electron chi connectivity index (χ2n) is 6.55. The molecule has 0 saturated carbocycles. The van der Waals surface area contributed by atoms with Crippen molar-refractivity contribution in [3.63, 3.8) is 0 Å². The van der Waals surface area contributed by atoms with Crippen LogP contribution in [0, 0.1) is 6.92 Å². The summed E-state index contributed by atoms with van der Waals surface area (Å²) in [5.74, 6) is -2.17. The third kappa shape index (κ3) is 7.59. The van der Waals surface area contributed by atoms with Crippen LogP contribution >= 0.6 is 0 Å². The second kappa shape index (κ2) is 11.2. The molecule has 0 aromatic heterocycles. The van der Waals surface area contributed by atoms with Crippen molar-refractivity contribution in [3.05, 3.63) is 83.9 Å². The zero-order chi connectivity index (χ0) is 21.9. The van der Waals surface area contributed by atoms with Crippen molar-refractivity contribution in [1.82, 2.24) is 0 Å². The van der Waals surface area contributed by atoms with Crippen molar-refractivity contribution in [2.24, 2.45) is 0 Å². The molecule has 6 heteroatoms. The number of carboxylic acids is 2. The number of nitrogens with one attached hydrogen (secondary N) is 1. The molecule has 3 N–H and O–H groups in total. The Morgan fingerprint density at radius 2 is 1.53 bits per heavy atom. The summed E-state index contributed by atoms with van der Waals surface area (Å²) in [5.41, 5.74) is 2.79. The third-order valence-electron chi connectivity index (χ3n) is 4.13. The van der Waals surface area contributed by atoms with Gasteiger partial charge in [0.2, 0.25) is 5.91 Å². The Labute approximate surface area is 174 Å². The first-order chi connectivity index (χ1) is 14.3. The number of hydrogen-bond donors (Lipinski definition) is 3. The summed E-state index contributed by atoms with van der Waals surface area (Å²) < 4.78 is 0. The third-order valence-corrected chi connectivity index (χ3v) is 4.13. The van der Waals surface area contributed by atoms with Gasteiger partial charge in [0.25, 0.3) is 0 Å². The summed E-state index contributed by atoms with van der Waals surface area (Å²) in [6.07, 6.45) is 2.53. The largest absolute Gasteiger partial charge is 0.481 e. The molecule has 0 fully saturated rings. The van der Waals surface area contributed by atoms with Gasteiger partial charge in [-0.15, -0.1) is 0 Å². The molecule has 3 rings (SSSR count). The van der Waals surface area contributed by atoms with Gasteiger partial charge in [-0.3, -0.25) is 9.59 Å². The van der Waals surface area contributed by atoms with Gasteiger partial charge in [0.15, 0.2) is 0 Å². The van der Waals surface area contributed by atoms with E-state index in [2.05, 4.69) is 5.32 Å². The van der Waals surface area contributed by atoms with Gasteiger partial charge in [0.05, 0.1) is 6.42 Å². The minimum absolute atomic E-state index is 0.0153. The van der Waals surface area contributed by atoms with E-state index < -0.39 is 11.9 Å². The van der Waals surface area contributed by atoms with Crippen LogP contribution in [-0.4, -0.2) is 28.1 Å². The highest BCUT2D eigenvalue weighted by atomic mass is 16.4. The Bertz CT molecular complexity index is 1050. The van der Waals surface area contributed by atoms with Gasteiger partial charge in [0, 0.05) is 23.6 Å². The number of carbonyl (C=O) groups excluding carboxylic acids is 1. The first-order valence-electron chi connectivity index (χ1n) is 9.32. The predicted molar refractivity (Wildman–Crippen MR) is 117 cm³/mol. The molecule has 154 valence electrons. The second-order valence-corrected chi connectivity index (χ2v) is 6.55. The van der Waals surface area contributed by atoms with Crippen LogP contribution < -0.4 is 5.32 Å². The molecule has 30 heavy (non-hydrogen) atoms. The molecule has 0 aliphatic rings. The highest BCUT2D eigenvalue weighted by molar-refractivity contribution is 6.02. The van der Waals surface area contributed by atoms with Gasteiger partial charge in [-0.25, -0.2) is 4.79 Å². The summed E-state index contributed by atoms with van der Waals surface area (Å²) in [6, 6.07) is 21.0. The molecule has 0 radical (unpaired) electrons. The lowest BCUT2D eigenvalue weighted by molar-refractivity contribution is -0.138. The number of aryl methyl sites for hydroxylation is 1. The topological polar surface area (TPSA) is 104 Å². The number of fused-ring (bicyclic) bond motifs is 1. The van der Waals surface area contributed by atoms with Crippen LogP contribution in [0.2, 0.25) is 0 Å². The first kappa shape index (κ1) is 22.4. The van der Waals surface area contributed by atoms with Gasteiger partial charge in [-0.2, -0.15) is 0 Å². The van der Waals surface area contributed by atoms with E-state index in [1.54, 1.807) is 12.1 Å².